The predicted octanol–water partition coefficient (Wildman–Crippen LogP) is 3.12. The number of aromatic nitrogens is 2. The first-order valence-corrected chi connectivity index (χ1v) is 5.00. The monoisotopic (exact) mass is 224 g/mol. The van der Waals surface area contributed by atoms with Crippen molar-refractivity contribution < 1.29 is 0 Å². The summed E-state index contributed by atoms with van der Waals surface area (Å²) in [5, 5.41) is 1.48. The molecule has 2 aromatic rings. The molecule has 0 unspecified atom stereocenters. The molecule has 0 amide bonds. The minimum atomic E-state index is 0.734. The average Bonchev–Trinajstić information content (AvgIpc) is 2.50. The van der Waals surface area contributed by atoms with Crippen molar-refractivity contribution in [1.29, 1.82) is 0 Å². The first-order chi connectivity index (χ1) is 6.68. The van der Waals surface area contributed by atoms with Crippen molar-refractivity contribution in [1.82, 2.24) is 9.55 Å². The van der Waals surface area contributed by atoms with E-state index in [9.17, 15) is 0 Å². The summed E-state index contributed by atoms with van der Waals surface area (Å²) in [7, 11) is 0. The van der Waals surface area contributed by atoms with Crippen LogP contribution in [0.25, 0.3) is 5.69 Å². The Morgan fingerprint density at radius 3 is 2.43 bits per heavy atom. The van der Waals surface area contributed by atoms with Crippen LogP contribution in [0.5, 0.6) is 0 Å². The molecule has 1 heterocycles. The molecule has 2 rings (SSSR count). The van der Waals surface area contributed by atoms with Gasteiger partial charge < -0.3 is 4.57 Å². The van der Waals surface area contributed by atoms with E-state index in [4.69, 9.17) is 11.6 Å². The molecule has 0 fully saturated rings. The van der Waals surface area contributed by atoms with Gasteiger partial charge in [0.1, 0.15) is 11.4 Å². The van der Waals surface area contributed by atoms with Gasteiger partial charge in [0.15, 0.2) is 0 Å². The SMILES string of the molecule is Cc1c(S)ncn1-c1ccc(Cl)cc1. The zero-order valence-electron chi connectivity index (χ0n) is 7.61. The molecule has 0 saturated heterocycles. The van der Waals surface area contributed by atoms with E-state index in [2.05, 4.69) is 17.6 Å². The highest BCUT2D eigenvalue weighted by molar-refractivity contribution is 7.80. The molecule has 0 radical (unpaired) electrons. The number of hydrogen-bond donors (Lipinski definition) is 1. The van der Waals surface area contributed by atoms with Crippen LogP contribution < -0.4 is 0 Å². The molecule has 4 heteroatoms. The van der Waals surface area contributed by atoms with Crippen molar-refractivity contribution in [2.75, 3.05) is 0 Å². The Morgan fingerprint density at radius 1 is 1.29 bits per heavy atom. The van der Waals surface area contributed by atoms with Crippen molar-refractivity contribution in [2.24, 2.45) is 0 Å². The topological polar surface area (TPSA) is 17.8 Å². The summed E-state index contributed by atoms with van der Waals surface area (Å²) in [4.78, 5) is 4.11. The van der Waals surface area contributed by atoms with Gasteiger partial charge in [-0.05, 0) is 31.2 Å². The summed E-state index contributed by atoms with van der Waals surface area (Å²) in [6.07, 6.45) is 1.75. The Balaban J connectivity index is 2.49. The minimum absolute atomic E-state index is 0.734. The fourth-order valence-electron chi connectivity index (χ4n) is 1.26. The van der Waals surface area contributed by atoms with E-state index in [1.165, 1.54) is 0 Å². The lowest BCUT2D eigenvalue weighted by atomic mass is 10.3. The molecule has 0 bridgehead atoms. The van der Waals surface area contributed by atoms with Gasteiger partial charge in [-0.2, -0.15) is 0 Å². The molecule has 2 nitrogen and oxygen atoms in total. The first-order valence-electron chi connectivity index (χ1n) is 4.17. The summed E-state index contributed by atoms with van der Waals surface area (Å²) in [6.45, 7) is 1.98. The maximum atomic E-state index is 5.80. The molecule has 1 aromatic heterocycles. The van der Waals surface area contributed by atoms with E-state index in [0.717, 1.165) is 21.4 Å². The summed E-state index contributed by atoms with van der Waals surface area (Å²) < 4.78 is 1.97. The van der Waals surface area contributed by atoms with Crippen molar-refractivity contribution in [3.05, 3.63) is 41.3 Å². The lowest BCUT2D eigenvalue weighted by molar-refractivity contribution is 0.995. The van der Waals surface area contributed by atoms with Crippen LogP contribution in [0.1, 0.15) is 5.69 Å². The molecule has 0 atom stereocenters. The normalized spacial score (nSPS) is 10.5. The van der Waals surface area contributed by atoms with Gasteiger partial charge in [-0.1, -0.05) is 11.6 Å². The standard InChI is InChI=1S/C10H9ClN2S/c1-7-10(14)12-6-13(7)9-4-2-8(11)3-5-9/h2-6,14H,1H3. The van der Waals surface area contributed by atoms with Crippen LogP contribution in [0.4, 0.5) is 0 Å². The fourth-order valence-corrected chi connectivity index (χ4v) is 1.55. The van der Waals surface area contributed by atoms with Crippen molar-refractivity contribution in [2.45, 2.75) is 11.9 Å². The van der Waals surface area contributed by atoms with Crippen molar-refractivity contribution >= 4 is 24.2 Å². The van der Waals surface area contributed by atoms with Crippen LogP contribution in [-0.2, 0) is 0 Å². The van der Waals surface area contributed by atoms with Crippen LogP contribution in [0.2, 0.25) is 5.02 Å². The van der Waals surface area contributed by atoms with E-state index in [0.29, 0.717) is 0 Å². The lowest BCUT2D eigenvalue weighted by Gasteiger charge is -2.04. The van der Waals surface area contributed by atoms with Gasteiger partial charge in [0.25, 0.3) is 0 Å². The van der Waals surface area contributed by atoms with Crippen LogP contribution >= 0.6 is 24.2 Å². The van der Waals surface area contributed by atoms with Crippen LogP contribution in [-0.4, -0.2) is 9.55 Å². The molecular formula is C10H9ClN2S. The highest BCUT2D eigenvalue weighted by Crippen LogP contribution is 2.18. The molecule has 0 aliphatic rings. The van der Waals surface area contributed by atoms with E-state index in [-0.39, 0.29) is 0 Å². The third kappa shape index (κ3) is 1.65. The van der Waals surface area contributed by atoms with Crippen molar-refractivity contribution in [3.63, 3.8) is 0 Å². The van der Waals surface area contributed by atoms with Gasteiger partial charge >= 0.3 is 0 Å². The smallest absolute Gasteiger partial charge is 0.114 e. The van der Waals surface area contributed by atoms with Crippen LogP contribution in [0, 0.1) is 6.92 Å². The van der Waals surface area contributed by atoms with Crippen LogP contribution in [0.3, 0.4) is 0 Å². The Bertz CT molecular complexity index is 448. The summed E-state index contributed by atoms with van der Waals surface area (Å²) in [6, 6.07) is 7.61. The number of benzene rings is 1. The second kappa shape index (κ2) is 3.67. The Labute approximate surface area is 93.0 Å². The summed E-state index contributed by atoms with van der Waals surface area (Å²) in [5.41, 5.74) is 2.07. The molecule has 0 aliphatic carbocycles. The van der Waals surface area contributed by atoms with Gasteiger partial charge in [0.05, 0.1) is 5.69 Å². The molecule has 1 aromatic carbocycles. The van der Waals surface area contributed by atoms with Gasteiger partial charge in [-0.15, -0.1) is 12.6 Å². The zero-order valence-corrected chi connectivity index (χ0v) is 9.26. The summed E-state index contributed by atoms with van der Waals surface area (Å²) >= 11 is 10.0. The fraction of sp³-hybridized carbons (Fsp3) is 0.100. The van der Waals surface area contributed by atoms with Gasteiger partial charge in [-0.25, -0.2) is 4.98 Å². The molecular weight excluding hydrogens is 216 g/mol. The number of halogens is 1. The average molecular weight is 225 g/mol. The lowest BCUT2D eigenvalue weighted by Crippen LogP contribution is -1.93. The Kier molecular flexibility index (Phi) is 2.52. The number of rotatable bonds is 1. The Hall–Kier alpha value is -0.930. The third-order valence-electron chi connectivity index (χ3n) is 2.09. The van der Waals surface area contributed by atoms with E-state index in [1.54, 1.807) is 6.33 Å². The number of hydrogen-bond acceptors (Lipinski definition) is 2. The Morgan fingerprint density at radius 2 is 1.93 bits per heavy atom. The van der Waals surface area contributed by atoms with E-state index < -0.39 is 0 Å². The van der Waals surface area contributed by atoms with Gasteiger partial charge in [-0.3, -0.25) is 0 Å². The van der Waals surface area contributed by atoms with Crippen molar-refractivity contribution in [3.8, 4) is 5.69 Å². The first kappa shape index (κ1) is 9.62. The molecule has 0 spiro atoms. The maximum Gasteiger partial charge on any atom is 0.114 e. The quantitative estimate of drug-likeness (QED) is 0.737. The number of nitrogens with zero attached hydrogens (tertiary/aromatic N) is 2. The largest absolute Gasteiger partial charge is 0.302 e. The second-order valence-corrected chi connectivity index (χ2v) is 3.86. The third-order valence-corrected chi connectivity index (χ3v) is 2.78. The van der Waals surface area contributed by atoms with Gasteiger partial charge in [0.2, 0.25) is 0 Å². The summed E-state index contributed by atoms with van der Waals surface area (Å²) in [5.74, 6) is 0. The molecule has 72 valence electrons. The minimum Gasteiger partial charge on any atom is -0.302 e. The van der Waals surface area contributed by atoms with Crippen LogP contribution in [0.15, 0.2) is 35.6 Å². The number of thiol groups is 1. The highest BCUT2D eigenvalue weighted by Gasteiger charge is 2.03. The predicted molar refractivity (Wildman–Crippen MR) is 60.6 cm³/mol. The van der Waals surface area contributed by atoms with Gasteiger partial charge in [0, 0.05) is 10.7 Å². The molecule has 0 aliphatic heterocycles. The molecule has 14 heavy (non-hydrogen) atoms. The maximum absolute atomic E-state index is 5.80. The van der Waals surface area contributed by atoms with E-state index >= 15 is 0 Å². The number of imidazole rings is 1. The molecule has 0 N–H and O–H groups in total. The highest BCUT2D eigenvalue weighted by atomic mass is 35.5. The zero-order chi connectivity index (χ0) is 10.1. The second-order valence-electron chi connectivity index (χ2n) is 3.00. The van der Waals surface area contributed by atoms with E-state index in [1.807, 2.05) is 35.8 Å². The molecule has 0 saturated carbocycles.